The minimum Gasteiger partial charge on any atom is -0.313 e. The highest BCUT2D eigenvalue weighted by molar-refractivity contribution is 7.23. The number of carbonyl (C=O) groups is 1. The second-order valence-corrected chi connectivity index (χ2v) is 10.3. The van der Waals surface area contributed by atoms with Crippen molar-refractivity contribution in [3.63, 3.8) is 0 Å². The zero-order chi connectivity index (χ0) is 21.7. The molecule has 0 radical (unpaired) electrons. The third-order valence-corrected chi connectivity index (χ3v) is 8.18. The second kappa shape index (κ2) is 8.88. The van der Waals surface area contributed by atoms with Crippen LogP contribution in [0.25, 0.3) is 31.6 Å². The summed E-state index contributed by atoms with van der Waals surface area (Å²) in [6.07, 6.45) is 0.972. The molecule has 0 bridgehead atoms. The summed E-state index contributed by atoms with van der Waals surface area (Å²) in [5.41, 5.74) is 4.11. The predicted molar refractivity (Wildman–Crippen MR) is 142 cm³/mol. The fourth-order valence-corrected chi connectivity index (χ4v) is 6.76. The molecule has 2 aromatic heterocycles. The minimum absolute atomic E-state index is 0. The van der Waals surface area contributed by atoms with Crippen LogP contribution in [0.15, 0.2) is 66.7 Å². The average Bonchev–Trinajstić information content (AvgIpc) is 3.38. The van der Waals surface area contributed by atoms with Crippen LogP contribution >= 0.6 is 35.1 Å². The number of halogens is 1. The van der Waals surface area contributed by atoms with Crippen LogP contribution in [0.2, 0.25) is 0 Å². The van der Waals surface area contributed by atoms with Gasteiger partial charge >= 0.3 is 0 Å². The van der Waals surface area contributed by atoms with E-state index in [1.807, 2.05) is 48.5 Å². The number of anilines is 1. The van der Waals surface area contributed by atoms with E-state index in [2.05, 4.69) is 35.5 Å². The molecule has 0 saturated carbocycles. The van der Waals surface area contributed by atoms with Gasteiger partial charge in [0.2, 0.25) is 0 Å². The molecular formula is C26H22ClN3OS2. The molecule has 5 aromatic rings. The van der Waals surface area contributed by atoms with Gasteiger partial charge in [-0.3, -0.25) is 4.79 Å². The quantitative estimate of drug-likeness (QED) is 0.300. The molecular weight excluding hydrogens is 470 g/mol. The summed E-state index contributed by atoms with van der Waals surface area (Å²) in [5.74, 6) is -0.0786. The van der Waals surface area contributed by atoms with Gasteiger partial charge in [0, 0.05) is 29.1 Å². The number of thiophene rings is 1. The Bertz CT molecular complexity index is 1460. The normalized spacial score (nSPS) is 13.6. The van der Waals surface area contributed by atoms with E-state index in [4.69, 9.17) is 4.98 Å². The highest BCUT2D eigenvalue weighted by Gasteiger charge is 2.27. The maximum atomic E-state index is 13.3. The molecule has 0 fully saturated rings. The Labute approximate surface area is 206 Å². The molecule has 1 N–H and O–H groups in total. The molecule has 0 saturated heterocycles. The molecule has 1 aliphatic rings. The number of aromatic nitrogens is 1. The smallest absolute Gasteiger partial charge is 0.256 e. The molecule has 6 rings (SSSR count). The van der Waals surface area contributed by atoms with Gasteiger partial charge in [-0.25, -0.2) is 4.98 Å². The van der Waals surface area contributed by atoms with Gasteiger partial charge in [0.15, 0.2) is 0 Å². The number of hydrogen-bond donors (Lipinski definition) is 1. The zero-order valence-corrected chi connectivity index (χ0v) is 20.4. The number of hydrogen-bond acceptors (Lipinski definition) is 5. The Morgan fingerprint density at radius 1 is 1.00 bits per heavy atom. The van der Waals surface area contributed by atoms with Gasteiger partial charge in [0.25, 0.3) is 5.91 Å². The van der Waals surface area contributed by atoms with Crippen molar-refractivity contribution in [3.8, 4) is 10.6 Å². The molecule has 1 amide bonds. The first-order chi connectivity index (χ1) is 15.7. The van der Waals surface area contributed by atoms with E-state index in [0.717, 1.165) is 51.4 Å². The Morgan fingerprint density at radius 2 is 1.79 bits per heavy atom. The lowest BCUT2D eigenvalue weighted by Gasteiger charge is -2.22. The summed E-state index contributed by atoms with van der Waals surface area (Å²) in [5, 5.41) is 7.33. The molecule has 0 atom stereocenters. The lowest BCUT2D eigenvalue weighted by atomic mass is 10.0. The lowest BCUT2D eigenvalue weighted by Crippen LogP contribution is -2.25. The fourth-order valence-electron chi connectivity index (χ4n) is 4.33. The van der Waals surface area contributed by atoms with Gasteiger partial charge in [0.1, 0.15) is 10.0 Å². The third-order valence-electron chi connectivity index (χ3n) is 5.99. The second-order valence-electron chi connectivity index (χ2n) is 8.20. The molecule has 166 valence electrons. The number of nitrogens with one attached hydrogen (secondary N) is 1. The molecule has 3 aromatic carbocycles. The number of carbonyl (C=O) groups excluding carboxylic acids is 1. The number of rotatable bonds is 3. The fraction of sp³-hybridized carbons (Fsp3) is 0.154. The van der Waals surface area contributed by atoms with Crippen molar-refractivity contribution in [1.82, 2.24) is 9.88 Å². The minimum atomic E-state index is -0.0786. The van der Waals surface area contributed by atoms with Gasteiger partial charge in [0.05, 0.1) is 10.2 Å². The van der Waals surface area contributed by atoms with Gasteiger partial charge in [-0.2, -0.15) is 0 Å². The van der Waals surface area contributed by atoms with Crippen molar-refractivity contribution in [2.75, 3.05) is 18.9 Å². The van der Waals surface area contributed by atoms with Crippen LogP contribution in [-0.2, 0) is 13.0 Å². The first-order valence-electron chi connectivity index (χ1n) is 10.6. The number of fused-ring (bicyclic) bond motifs is 3. The molecule has 7 heteroatoms. The summed E-state index contributed by atoms with van der Waals surface area (Å²) in [6.45, 7) is 1.92. The van der Waals surface area contributed by atoms with Crippen molar-refractivity contribution < 1.29 is 4.79 Å². The highest BCUT2D eigenvalue weighted by Crippen LogP contribution is 2.45. The molecule has 0 unspecified atom stereocenters. The van der Waals surface area contributed by atoms with E-state index in [1.165, 1.54) is 15.1 Å². The number of thiazole rings is 1. The number of nitrogens with zero attached hydrogens (tertiary/aromatic N) is 2. The number of para-hydroxylation sites is 1. The zero-order valence-electron chi connectivity index (χ0n) is 18.0. The van der Waals surface area contributed by atoms with Crippen molar-refractivity contribution in [1.29, 1.82) is 0 Å². The summed E-state index contributed by atoms with van der Waals surface area (Å²) in [4.78, 5) is 21.8. The van der Waals surface area contributed by atoms with Crippen LogP contribution in [0, 0.1) is 0 Å². The van der Waals surface area contributed by atoms with E-state index in [0.29, 0.717) is 5.56 Å². The molecule has 0 aliphatic carbocycles. The predicted octanol–water partition coefficient (Wildman–Crippen LogP) is 6.84. The summed E-state index contributed by atoms with van der Waals surface area (Å²) in [6, 6.07) is 22.2. The number of amides is 1. The van der Waals surface area contributed by atoms with Crippen LogP contribution in [0.3, 0.4) is 0 Å². The van der Waals surface area contributed by atoms with Crippen LogP contribution in [0.5, 0.6) is 0 Å². The Balaban J connectivity index is 0.00000228. The van der Waals surface area contributed by atoms with Crippen LogP contribution in [0.4, 0.5) is 5.00 Å². The monoisotopic (exact) mass is 491 g/mol. The van der Waals surface area contributed by atoms with Gasteiger partial charge in [-0.1, -0.05) is 42.5 Å². The highest BCUT2D eigenvalue weighted by atomic mass is 35.5. The lowest BCUT2D eigenvalue weighted by molar-refractivity contribution is 0.102. The van der Waals surface area contributed by atoms with Crippen molar-refractivity contribution >= 4 is 67.0 Å². The Morgan fingerprint density at radius 3 is 2.64 bits per heavy atom. The maximum absolute atomic E-state index is 13.3. The maximum Gasteiger partial charge on any atom is 0.256 e. The van der Waals surface area contributed by atoms with Crippen molar-refractivity contribution in [3.05, 3.63) is 82.7 Å². The molecule has 33 heavy (non-hydrogen) atoms. The van der Waals surface area contributed by atoms with E-state index in [9.17, 15) is 4.79 Å². The third kappa shape index (κ3) is 4.04. The summed E-state index contributed by atoms with van der Waals surface area (Å²) in [7, 11) is 2.15. The van der Waals surface area contributed by atoms with Gasteiger partial charge in [-0.05, 0) is 54.1 Å². The standard InChI is InChI=1S/C26H21N3OS2.ClH/c1-29-13-12-19-22(15-29)32-26(23(19)25-27-20-8-4-5-9-21(20)31-25)28-24(30)18-11-10-16-6-2-3-7-17(16)14-18;/h2-11,14H,12-13,15H2,1H3,(H,28,30);1H. The van der Waals surface area contributed by atoms with E-state index in [-0.39, 0.29) is 18.3 Å². The first kappa shape index (κ1) is 22.0. The topological polar surface area (TPSA) is 45.2 Å². The van der Waals surface area contributed by atoms with Crippen LogP contribution in [-0.4, -0.2) is 29.4 Å². The average molecular weight is 492 g/mol. The summed E-state index contributed by atoms with van der Waals surface area (Å²) >= 11 is 3.39. The van der Waals surface area contributed by atoms with Crippen LogP contribution in [0.1, 0.15) is 20.8 Å². The molecule has 0 spiro atoms. The molecule has 1 aliphatic heterocycles. The van der Waals surface area contributed by atoms with Gasteiger partial charge in [-0.15, -0.1) is 35.1 Å². The van der Waals surface area contributed by atoms with Gasteiger partial charge < -0.3 is 10.2 Å². The Hall–Kier alpha value is -2.77. The largest absolute Gasteiger partial charge is 0.313 e. The van der Waals surface area contributed by atoms with E-state index >= 15 is 0 Å². The summed E-state index contributed by atoms with van der Waals surface area (Å²) < 4.78 is 1.17. The van der Waals surface area contributed by atoms with Crippen molar-refractivity contribution in [2.45, 2.75) is 13.0 Å². The SMILES string of the molecule is CN1CCc2c(sc(NC(=O)c3ccc4ccccc4c3)c2-c2nc3ccccc3s2)C1.Cl. The molecule has 3 heterocycles. The Kier molecular flexibility index (Phi) is 5.93. The van der Waals surface area contributed by atoms with E-state index < -0.39 is 0 Å². The number of benzene rings is 3. The van der Waals surface area contributed by atoms with Crippen LogP contribution < -0.4 is 5.32 Å². The van der Waals surface area contributed by atoms with Crippen molar-refractivity contribution in [2.24, 2.45) is 0 Å². The first-order valence-corrected chi connectivity index (χ1v) is 12.3. The number of likely N-dealkylation sites (N-methyl/N-ethyl adjacent to an activating group) is 1. The van der Waals surface area contributed by atoms with E-state index in [1.54, 1.807) is 22.7 Å². The molecule has 4 nitrogen and oxygen atoms in total.